The molecule has 0 bridgehead atoms. The molecule has 1 N–H and O–H groups in total. The molecule has 0 unspecified atom stereocenters. The third kappa shape index (κ3) is 3.90. The Labute approximate surface area is 153 Å². The fourth-order valence-corrected chi connectivity index (χ4v) is 2.83. The Morgan fingerprint density at radius 1 is 1.21 bits per heavy atom. The summed E-state index contributed by atoms with van der Waals surface area (Å²) in [5, 5.41) is 4.37. The lowest BCUT2D eigenvalue weighted by Crippen LogP contribution is -2.20. The molecule has 0 saturated heterocycles. The second kappa shape index (κ2) is 7.26. The Kier molecular flexibility index (Phi) is 5.09. The fraction of sp³-hybridized carbons (Fsp3) is 0.0588. The van der Waals surface area contributed by atoms with E-state index < -0.39 is 0 Å². The normalized spacial score (nSPS) is 11.3. The largest absolute Gasteiger partial charge is 0.347 e. The van der Waals surface area contributed by atoms with Crippen molar-refractivity contribution in [3.8, 4) is 0 Å². The second-order valence-corrected chi connectivity index (χ2v) is 6.26. The van der Waals surface area contributed by atoms with Crippen molar-refractivity contribution in [1.82, 2.24) is 14.7 Å². The molecular formula is C17H12Cl3N3O. The highest BCUT2D eigenvalue weighted by molar-refractivity contribution is 6.35. The SMILES string of the molecule is O=C(/C=C/c1ccc(Cl)cc1Cl)NCc1cn2c(Cl)cccc2n1. The highest BCUT2D eigenvalue weighted by Gasteiger charge is 2.05. The average Bonchev–Trinajstić information content (AvgIpc) is 2.97. The van der Waals surface area contributed by atoms with Crippen molar-refractivity contribution < 1.29 is 4.79 Å². The number of carbonyl (C=O) groups is 1. The van der Waals surface area contributed by atoms with E-state index in [1.165, 1.54) is 6.08 Å². The summed E-state index contributed by atoms with van der Waals surface area (Å²) in [4.78, 5) is 16.3. The van der Waals surface area contributed by atoms with Crippen LogP contribution in [-0.2, 0) is 11.3 Å². The summed E-state index contributed by atoms with van der Waals surface area (Å²) in [6, 6.07) is 10.5. The second-order valence-electron chi connectivity index (χ2n) is 5.03. The lowest BCUT2D eigenvalue weighted by molar-refractivity contribution is -0.116. The van der Waals surface area contributed by atoms with Crippen molar-refractivity contribution in [1.29, 1.82) is 0 Å². The molecule has 0 fully saturated rings. The molecule has 1 amide bonds. The van der Waals surface area contributed by atoms with Gasteiger partial charge in [0.1, 0.15) is 10.8 Å². The molecule has 0 aliphatic rings. The van der Waals surface area contributed by atoms with Crippen LogP contribution in [0.3, 0.4) is 0 Å². The Bertz CT molecular complexity index is 934. The molecule has 24 heavy (non-hydrogen) atoms. The predicted octanol–water partition coefficient (Wildman–Crippen LogP) is 4.62. The van der Waals surface area contributed by atoms with Crippen LogP contribution < -0.4 is 5.32 Å². The van der Waals surface area contributed by atoms with Gasteiger partial charge >= 0.3 is 0 Å². The molecule has 7 heteroatoms. The number of pyridine rings is 1. The molecule has 3 aromatic rings. The molecular weight excluding hydrogens is 369 g/mol. The molecule has 122 valence electrons. The average molecular weight is 381 g/mol. The molecule has 4 nitrogen and oxygen atoms in total. The van der Waals surface area contributed by atoms with Crippen LogP contribution in [0.25, 0.3) is 11.7 Å². The molecule has 1 aromatic carbocycles. The van der Waals surface area contributed by atoms with Crippen molar-refractivity contribution in [2.45, 2.75) is 6.54 Å². The summed E-state index contributed by atoms with van der Waals surface area (Å²) in [5.74, 6) is -0.246. The quantitative estimate of drug-likeness (QED) is 0.530. The molecule has 3 rings (SSSR count). The number of hydrogen-bond acceptors (Lipinski definition) is 2. The van der Waals surface area contributed by atoms with Gasteiger partial charge in [0.25, 0.3) is 0 Å². The minimum atomic E-state index is -0.246. The number of fused-ring (bicyclic) bond motifs is 1. The van der Waals surface area contributed by atoms with Gasteiger partial charge in [-0.05, 0) is 35.9 Å². The summed E-state index contributed by atoms with van der Waals surface area (Å²) in [5.41, 5.74) is 2.17. The molecule has 0 spiro atoms. The zero-order chi connectivity index (χ0) is 17.1. The number of benzene rings is 1. The van der Waals surface area contributed by atoms with E-state index in [1.54, 1.807) is 40.9 Å². The Morgan fingerprint density at radius 3 is 2.79 bits per heavy atom. The lowest BCUT2D eigenvalue weighted by atomic mass is 10.2. The van der Waals surface area contributed by atoms with Gasteiger partial charge in [0.15, 0.2) is 0 Å². The van der Waals surface area contributed by atoms with Crippen molar-refractivity contribution in [2.24, 2.45) is 0 Å². The van der Waals surface area contributed by atoms with Crippen LogP contribution in [0, 0.1) is 0 Å². The maximum atomic E-state index is 11.9. The van der Waals surface area contributed by atoms with Gasteiger partial charge in [-0.2, -0.15) is 0 Å². The summed E-state index contributed by atoms with van der Waals surface area (Å²) >= 11 is 18.0. The van der Waals surface area contributed by atoms with Crippen molar-refractivity contribution in [3.63, 3.8) is 0 Å². The first-order chi connectivity index (χ1) is 11.5. The maximum Gasteiger partial charge on any atom is 0.244 e. The standard InChI is InChI=1S/C17H12Cl3N3O/c18-12-6-4-11(14(19)8-12)5-7-17(24)21-9-13-10-23-15(20)2-1-3-16(23)22-13/h1-8,10H,9H2,(H,21,24)/b7-5+. The number of halogens is 3. The van der Waals surface area contributed by atoms with Crippen molar-refractivity contribution >= 4 is 52.4 Å². The zero-order valence-electron chi connectivity index (χ0n) is 12.3. The maximum absolute atomic E-state index is 11.9. The lowest BCUT2D eigenvalue weighted by Gasteiger charge is -2.00. The van der Waals surface area contributed by atoms with Gasteiger partial charge in [-0.1, -0.05) is 46.9 Å². The van der Waals surface area contributed by atoms with E-state index in [9.17, 15) is 4.79 Å². The van der Waals surface area contributed by atoms with Gasteiger partial charge in [-0.3, -0.25) is 9.20 Å². The number of amides is 1. The van der Waals surface area contributed by atoms with Crippen LogP contribution in [0.4, 0.5) is 0 Å². The fourth-order valence-electron chi connectivity index (χ4n) is 2.15. The van der Waals surface area contributed by atoms with E-state index in [2.05, 4.69) is 10.3 Å². The topological polar surface area (TPSA) is 46.4 Å². The van der Waals surface area contributed by atoms with Gasteiger partial charge in [-0.25, -0.2) is 4.98 Å². The molecule has 0 atom stereocenters. The zero-order valence-corrected chi connectivity index (χ0v) is 14.6. The number of rotatable bonds is 4. The minimum absolute atomic E-state index is 0.246. The van der Waals surface area contributed by atoms with Crippen LogP contribution >= 0.6 is 34.8 Å². The van der Waals surface area contributed by atoms with E-state index in [-0.39, 0.29) is 5.91 Å². The van der Waals surface area contributed by atoms with Gasteiger partial charge in [0.2, 0.25) is 5.91 Å². The number of hydrogen-bond donors (Lipinski definition) is 1. The Hall–Kier alpha value is -2.01. The van der Waals surface area contributed by atoms with Crippen molar-refractivity contribution in [3.05, 3.63) is 75.1 Å². The highest BCUT2D eigenvalue weighted by Crippen LogP contribution is 2.21. The first-order valence-corrected chi connectivity index (χ1v) is 8.20. The number of nitrogens with one attached hydrogen (secondary N) is 1. The van der Waals surface area contributed by atoms with E-state index in [1.807, 2.05) is 12.1 Å². The van der Waals surface area contributed by atoms with E-state index in [0.717, 1.165) is 16.9 Å². The van der Waals surface area contributed by atoms with Crippen LogP contribution in [0.1, 0.15) is 11.3 Å². The number of aromatic nitrogens is 2. The van der Waals surface area contributed by atoms with Gasteiger partial charge in [-0.15, -0.1) is 0 Å². The molecule has 0 radical (unpaired) electrons. The number of carbonyl (C=O) groups excluding carboxylic acids is 1. The van der Waals surface area contributed by atoms with Gasteiger partial charge in [0.05, 0.1) is 12.2 Å². The highest BCUT2D eigenvalue weighted by atomic mass is 35.5. The summed E-state index contributed by atoms with van der Waals surface area (Å²) in [7, 11) is 0. The van der Waals surface area contributed by atoms with Crippen LogP contribution in [0.2, 0.25) is 15.2 Å². The number of nitrogens with zero attached hydrogens (tertiary/aromatic N) is 2. The summed E-state index contributed by atoms with van der Waals surface area (Å²) in [6.07, 6.45) is 4.84. The van der Waals surface area contributed by atoms with E-state index >= 15 is 0 Å². The minimum Gasteiger partial charge on any atom is -0.347 e. The smallest absolute Gasteiger partial charge is 0.244 e. The first kappa shape index (κ1) is 16.8. The first-order valence-electron chi connectivity index (χ1n) is 7.06. The molecule has 0 aliphatic heterocycles. The Morgan fingerprint density at radius 2 is 2.04 bits per heavy atom. The number of imidazole rings is 1. The monoisotopic (exact) mass is 379 g/mol. The van der Waals surface area contributed by atoms with Gasteiger partial charge < -0.3 is 5.32 Å². The molecule has 0 saturated carbocycles. The molecule has 0 aliphatic carbocycles. The van der Waals surface area contributed by atoms with Crippen LogP contribution in [0.5, 0.6) is 0 Å². The molecule has 2 aromatic heterocycles. The summed E-state index contributed by atoms with van der Waals surface area (Å²) < 4.78 is 1.76. The third-order valence-corrected chi connectivity index (χ3v) is 4.18. The van der Waals surface area contributed by atoms with Crippen LogP contribution in [-0.4, -0.2) is 15.3 Å². The molecule has 2 heterocycles. The van der Waals surface area contributed by atoms with Crippen LogP contribution in [0.15, 0.2) is 48.7 Å². The Balaban J connectivity index is 1.64. The van der Waals surface area contributed by atoms with Gasteiger partial charge in [0, 0.05) is 22.3 Å². The third-order valence-electron chi connectivity index (χ3n) is 3.31. The van der Waals surface area contributed by atoms with E-state index in [0.29, 0.717) is 21.7 Å². The van der Waals surface area contributed by atoms with Crippen molar-refractivity contribution in [2.75, 3.05) is 0 Å². The predicted molar refractivity (Wildman–Crippen MR) is 97.5 cm³/mol. The van der Waals surface area contributed by atoms with E-state index in [4.69, 9.17) is 34.8 Å². The summed E-state index contributed by atoms with van der Waals surface area (Å²) in [6.45, 7) is 0.301.